The molecular formula is C10H23N3O3S. The highest BCUT2D eigenvalue weighted by atomic mass is 32.2. The number of hydrogen-bond acceptors (Lipinski definition) is 3. The van der Waals surface area contributed by atoms with Gasteiger partial charge < -0.3 is 5.32 Å². The van der Waals surface area contributed by atoms with Crippen molar-refractivity contribution < 1.29 is 13.2 Å². The summed E-state index contributed by atoms with van der Waals surface area (Å²) in [5.41, 5.74) is -0.442. The van der Waals surface area contributed by atoms with Crippen LogP contribution in [-0.4, -0.2) is 44.3 Å². The number of nitrogens with zero attached hydrogens (tertiary/aromatic N) is 1. The molecule has 0 fully saturated rings. The maximum absolute atomic E-state index is 11.6. The molecule has 1 amide bonds. The highest BCUT2D eigenvalue weighted by molar-refractivity contribution is 7.87. The van der Waals surface area contributed by atoms with Crippen LogP contribution in [0.25, 0.3) is 0 Å². The molecule has 0 saturated carbocycles. The minimum atomic E-state index is -3.43. The maximum atomic E-state index is 11.6. The quantitative estimate of drug-likeness (QED) is 0.713. The van der Waals surface area contributed by atoms with Crippen molar-refractivity contribution in [3.63, 3.8) is 0 Å². The van der Waals surface area contributed by atoms with Crippen molar-refractivity contribution in [3.05, 3.63) is 0 Å². The van der Waals surface area contributed by atoms with Gasteiger partial charge in [-0.15, -0.1) is 0 Å². The SMILES string of the molecule is CNS(=O)(=O)N(C)C(C)CC(C)(C)NC(C)=O. The maximum Gasteiger partial charge on any atom is 0.279 e. The van der Waals surface area contributed by atoms with Crippen molar-refractivity contribution in [3.8, 4) is 0 Å². The number of carbonyl (C=O) groups is 1. The van der Waals surface area contributed by atoms with Crippen LogP contribution in [0.4, 0.5) is 0 Å². The molecule has 7 heteroatoms. The minimum absolute atomic E-state index is 0.124. The molecule has 0 aromatic heterocycles. The van der Waals surface area contributed by atoms with Crippen LogP contribution in [-0.2, 0) is 15.0 Å². The molecule has 2 N–H and O–H groups in total. The lowest BCUT2D eigenvalue weighted by Crippen LogP contribution is -2.49. The molecule has 0 spiro atoms. The van der Waals surface area contributed by atoms with E-state index in [1.807, 2.05) is 13.8 Å². The fraction of sp³-hybridized carbons (Fsp3) is 0.900. The molecule has 0 aliphatic carbocycles. The van der Waals surface area contributed by atoms with E-state index in [1.54, 1.807) is 6.92 Å². The number of nitrogens with one attached hydrogen (secondary N) is 2. The Labute approximate surface area is 104 Å². The highest BCUT2D eigenvalue weighted by Gasteiger charge is 2.28. The molecule has 0 saturated heterocycles. The van der Waals surface area contributed by atoms with Crippen LogP contribution in [0.15, 0.2) is 0 Å². The molecule has 0 radical (unpaired) electrons. The van der Waals surface area contributed by atoms with Crippen LogP contribution >= 0.6 is 0 Å². The molecule has 0 aromatic carbocycles. The van der Waals surface area contributed by atoms with Crippen LogP contribution in [0.1, 0.15) is 34.1 Å². The molecule has 1 unspecified atom stereocenters. The second-order valence-corrected chi connectivity index (χ2v) is 6.78. The first-order chi connectivity index (χ1) is 7.52. The standard InChI is InChI=1S/C10H23N3O3S/c1-8(13(6)17(15,16)11-5)7-10(3,4)12-9(2)14/h8,11H,7H2,1-6H3,(H,12,14). The summed E-state index contributed by atoms with van der Waals surface area (Å²) in [5, 5.41) is 2.79. The van der Waals surface area contributed by atoms with Crippen LogP contribution < -0.4 is 10.0 Å². The summed E-state index contributed by atoms with van der Waals surface area (Å²) in [6.45, 7) is 6.98. The largest absolute Gasteiger partial charge is 0.351 e. The van der Waals surface area contributed by atoms with Gasteiger partial charge in [-0.05, 0) is 27.2 Å². The normalized spacial score (nSPS) is 14.8. The average molecular weight is 265 g/mol. The van der Waals surface area contributed by atoms with E-state index in [-0.39, 0.29) is 11.9 Å². The van der Waals surface area contributed by atoms with Crippen molar-refractivity contribution in [2.24, 2.45) is 0 Å². The molecule has 0 aromatic rings. The van der Waals surface area contributed by atoms with Crippen LogP contribution in [0.3, 0.4) is 0 Å². The van der Waals surface area contributed by atoms with Gasteiger partial charge in [0.1, 0.15) is 0 Å². The van der Waals surface area contributed by atoms with E-state index in [1.165, 1.54) is 25.3 Å². The van der Waals surface area contributed by atoms with Crippen molar-refractivity contribution >= 4 is 16.1 Å². The van der Waals surface area contributed by atoms with Crippen molar-refractivity contribution in [1.29, 1.82) is 0 Å². The number of carbonyl (C=O) groups excluding carboxylic acids is 1. The summed E-state index contributed by atoms with van der Waals surface area (Å²) in [5.74, 6) is -0.124. The van der Waals surface area contributed by atoms with Crippen LogP contribution in [0.2, 0.25) is 0 Å². The third kappa shape index (κ3) is 5.47. The van der Waals surface area contributed by atoms with Gasteiger partial charge in [-0.25, -0.2) is 4.72 Å². The van der Waals surface area contributed by atoms with Crippen LogP contribution in [0, 0.1) is 0 Å². The zero-order valence-corrected chi connectivity index (χ0v) is 12.2. The predicted octanol–water partition coefficient (Wildman–Crippen LogP) is 0.0757. The van der Waals surface area contributed by atoms with E-state index in [4.69, 9.17) is 0 Å². The Kier molecular flexibility index (Phi) is 5.57. The second kappa shape index (κ2) is 5.79. The van der Waals surface area contributed by atoms with Crippen molar-refractivity contribution in [2.45, 2.75) is 45.7 Å². The summed E-state index contributed by atoms with van der Waals surface area (Å²) in [4.78, 5) is 11.0. The summed E-state index contributed by atoms with van der Waals surface area (Å²) < 4.78 is 26.7. The summed E-state index contributed by atoms with van der Waals surface area (Å²) in [6, 6.07) is -0.214. The van der Waals surface area contributed by atoms with E-state index < -0.39 is 15.7 Å². The van der Waals surface area contributed by atoms with Gasteiger partial charge >= 0.3 is 0 Å². The van der Waals surface area contributed by atoms with Crippen molar-refractivity contribution in [1.82, 2.24) is 14.3 Å². The number of hydrogen-bond donors (Lipinski definition) is 2. The van der Waals surface area contributed by atoms with E-state index in [2.05, 4.69) is 10.0 Å². The summed E-state index contributed by atoms with van der Waals surface area (Å²) >= 11 is 0. The van der Waals surface area contributed by atoms with Crippen molar-refractivity contribution in [2.75, 3.05) is 14.1 Å². The molecule has 0 rings (SSSR count). The Morgan fingerprint density at radius 1 is 1.41 bits per heavy atom. The van der Waals surface area contributed by atoms with Gasteiger partial charge in [0, 0.05) is 32.6 Å². The van der Waals surface area contributed by atoms with E-state index in [0.717, 1.165) is 0 Å². The molecule has 0 aliphatic heterocycles. The third-order valence-electron chi connectivity index (χ3n) is 2.58. The smallest absolute Gasteiger partial charge is 0.279 e. The Morgan fingerprint density at radius 3 is 2.24 bits per heavy atom. The topological polar surface area (TPSA) is 78.5 Å². The van der Waals surface area contributed by atoms with Gasteiger partial charge in [-0.3, -0.25) is 4.79 Å². The molecule has 0 aliphatic rings. The van der Waals surface area contributed by atoms with Gasteiger partial charge in [0.2, 0.25) is 5.91 Å². The predicted molar refractivity (Wildman–Crippen MR) is 67.7 cm³/mol. The second-order valence-electron chi connectivity index (χ2n) is 4.84. The zero-order chi connectivity index (χ0) is 13.9. The lowest BCUT2D eigenvalue weighted by atomic mass is 9.96. The van der Waals surface area contributed by atoms with E-state index in [9.17, 15) is 13.2 Å². The molecule has 1 atom stereocenters. The Morgan fingerprint density at radius 2 is 1.88 bits per heavy atom. The fourth-order valence-electron chi connectivity index (χ4n) is 1.78. The zero-order valence-electron chi connectivity index (χ0n) is 11.4. The third-order valence-corrected chi connectivity index (χ3v) is 4.21. The molecule has 102 valence electrons. The fourth-order valence-corrected chi connectivity index (χ4v) is 2.61. The first-order valence-electron chi connectivity index (χ1n) is 5.47. The lowest BCUT2D eigenvalue weighted by Gasteiger charge is -2.32. The van der Waals surface area contributed by atoms with Gasteiger partial charge in [0.05, 0.1) is 0 Å². The Bertz CT molecular complexity index is 365. The average Bonchev–Trinajstić information content (AvgIpc) is 2.13. The number of amides is 1. The van der Waals surface area contributed by atoms with E-state index >= 15 is 0 Å². The Balaban J connectivity index is 4.64. The molecule has 0 heterocycles. The monoisotopic (exact) mass is 265 g/mol. The van der Waals surface area contributed by atoms with Gasteiger partial charge in [-0.2, -0.15) is 12.7 Å². The molecular weight excluding hydrogens is 242 g/mol. The van der Waals surface area contributed by atoms with Gasteiger partial charge in [-0.1, -0.05) is 0 Å². The molecule has 0 bridgehead atoms. The molecule has 17 heavy (non-hydrogen) atoms. The number of rotatable bonds is 6. The summed E-state index contributed by atoms with van der Waals surface area (Å²) in [7, 11) is -0.541. The van der Waals surface area contributed by atoms with Gasteiger partial charge in [0.25, 0.3) is 10.2 Å². The molecule has 6 nitrogen and oxygen atoms in total. The van der Waals surface area contributed by atoms with Gasteiger partial charge in [0.15, 0.2) is 0 Å². The first-order valence-corrected chi connectivity index (χ1v) is 6.91. The first kappa shape index (κ1) is 16.3. The lowest BCUT2D eigenvalue weighted by molar-refractivity contribution is -0.120. The van der Waals surface area contributed by atoms with Crippen LogP contribution in [0.5, 0.6) is 0 Å². The minimum Gasteiger partial charge on any atom is -0.351 e. The summed E-state index contributed by atoms with van der Waals surface area (Å²) in [6.07, 6.45) is 0.532. The highest BCUT2D eigenvalue weighted by Crippen LogP contribution is 2.16. The van der Waals surface area contributed by atoms with E-state index in [0.29, 0.717) is 6.42 Å². The Hall–Kier alpha value is -0.660.